The number of phenolic OH excluding ortho intramolecular Hbond substituents is 1. The first-order chi connectivity index (χ1) is 6.06. The molecule has 1 aromatic carbocycles. The average Bonchev–Trinajstić information content (AvgIpc) is 2.04. The van der Waals surface area contributed by atoms with E-state index in [0.717, 1.165) is 0 Å². The van der Waals surface area contributed by atoms with Gasteiger partial charge in [-0.1, -0.05) is 12.1 Å². The zero-order valence-corrected chi connectivity index (χ0v) is 7.49. The molecule has 0 bridgehead atoms. The molecule has 0 aliphatic carbocycles. The summed E-state index contributed by atoms with van der Waals surface area (Å²) in [6.07, 6.45) is 0. The predicted octanol–water partition coefficient (Wildman–Crippen LogP) is 0.0630. The number of nitrogens with one attached hydrogen (secondary N) is 1. The van der Waals surface area contributed by atoms with Crippen LogP contribution in [0.5, 0.6) is 5.75 Å². The number of aliphatic hydroxyl groups is 1. The number of nitrogens with two attached hydrogens (primary N) is 1. The Labute approximate surface area is 77.0 Å². The molecule has 0 fully saturated rings. The maximum atomic E-state index is 9.86. The van der Waals surface area contributed by atoms with Crippen molar-refractivity contribution >= 4 is 0 Å². The van der Waals surface area contributed by atoms with Crippen molar-refractivity contribution in [3.8, 4) is 5.75 Å². The van der Waals surface area contributed by atoms with Gasteiger partial charge in [-0.2, -0.15) is 0 Å². The first kappa shape index (κ1) is 9.98. The number of hydrazine groups is 1. The van der Waals surface area contributed by atoms with E-state index < -0.39 is 5.60 Å². The van der Waals surface area contributed by atoms with Gasteiger partial charge in [-0.15, -0.1) is 0 Å². The second-order valence-electron chi connectivity index (χ2n) is 3.21. The van der Waals surface area contributed by atoms with E-state index in [1.807, 2.05) is 0 Å². The van der Waals surface area contributed by atoms with E-state index in [1.165, 1.54) is 6.07 Å². The smallest absolute Gasteiger partial charge is 0.115 e. The fraction of sp³-hybridized carbons (Fsp3) is 0.333. The van der Waals surface area contributed by atoms with Crippen molar-refractivity contribution in [2.24, 2.45) is 5.84 Å². The van der Waals surface area contributed by atoms with Crippen LogP contribution in [0.3, 0.4) is 0 Å². The topological polar surface area (TPSA) is 78.5 Å². The number of rotatable bonds is 3. The van der Waals surface area contributed by atoms with Crippen molar-refractivity contribution in [2.45, 2.75) is 12.5 Å². The standard InChI is InChI=1S/C9H14N2O2/c1-9(13,6-11-10)7-3-2-4-8(12)5-7/h2-5,11-13H,6,10H2,1H3. The minimum absolute atomic E-state index is 0.134. The molecule has 0 saturated carbocycles. The van der Waals surface area contributed by atoms with E-state index in [0.29, 0.717) is 5.56 Å². The maximum Gasteiger partial charge on any atom is 0.115 e. The summed E-state index contributed by atoms with van der Waals surface area (Å²) >= 11 is 0. The third-order valence-electron chi connectivity index (χ3n) is 1.91. The Bertz CT molecular complexity index is 287. The molecule has 1 rings (SSSR count). The summed E-state index contributed by atoms with van der Waals surface area (Å²) in [5.41, 5.74) is 1.96. The number of hydrogen-bond donors (Lipinski definition) is 4. The van der Waals surface area contributed by atoms with Crippen molar-refractivity contribution in [3.05, 3.63) is 29.8 Å². The predicted molar refractivity (Wildman–Crippen MR) is 49.9 cm³/mol. The Kier molecular flexibility index (Phi) is 2.87. The van der Waals surface area contributed by atoms with Crippen LogP contribution in [0.2, 0.25) is 0 Å². The van der Waals surface area contributed by atoms with Crippen LogP contribution in [0.25, 0.3) is 0 Å². The number of phenols is 1. The maximum absolute atomic E-state index is 9.86. The first-order valence-electron chi connectivity index (χ1n) is 4.01. The molecule has 4 heteroatoms. The molecular weight excluding hydrogens is 168 g/mol. The van der Waals surface area contributed by atoms with Gasteiger partial charge >= 0.3 is 0 Å². The molecular formula is C9H14N2O2. The molecule has 0 saturated heterocycles. The molecule has 72 valence electrons. The molecule has 0 aliphatic heterocycles. The minimum atomic E-state index is -1.06. The van der Waals surface area contributed by atoms with Gasteiger partial charge in [0.1, 0.15) is 11.4 Å². The molecule has 5 N–H and O–H groups in total. The summed E-state index contributed by atoms with van der Waals surface area (Å²) < 4.78 is 0. The second kappa shape index (κ2) is 3.74. The van der Waals surface area contributed by atoms with Crippen LogP contribution in [0, 0.1) is 0 Å². The highest BCUT2D eigenvalue weighted by Crippen LogP contribution is 2.22. The molecule has 4 nitrogen and oxygen atoms in total. The summed E-state index contributed by atoms with van der Waals surface area (Å²) in [4.78, 5) is 0. The van der Waals surface area contributed by atoms with E-state index in [1.54, 1.807) is 25.1 Å². The summed E-state index contributed by atoms with van der Waals surface area (Å²) in [5.74, 6) is 5.25. The Hall–Kier alpha value is -1.10. The molecule has 0 aromatic heterocycles. The fourth-order valence-corrected chi connectivity index (χ4v) is 1.14. The average molecular weight is 182 g/mol. The third-order valence-corrected chi connectivity index (χ3v) is 1.91. The molecule has 0 heterocycles. The van der Waals surface area contributed by atoms with Gasteiger partial charge in [-0.25, -0.2) is 0 Å². The van der Waals surface area contributed by atoms with E-state index >= 15 is 0 Å². The van der Waals surface area contributed by atoms with Crippen LogP contribution in [-0.4, -0.2) is 16.8 Å². The van der Waals surface area contributed by atoms with Crippen molar-refractivity contribution in [2.75, 3.05) is 6.54 Å². The zero-order valence-electron chi connectivity index (χ0n) is 7.49. The summed E-state index contributed by atoms with van der Waals surface area (Å²) in [6, 6.07) is 6.47. The highest BCUT2D eigenvalue weighted by molar-refractivity contribution is 5.31. The largest absolute Gasteiger partial charge is 0.508 e. The van der Waals surface area contributed by atoms with Crippen molar-refractivity contribution in [3.63, 3.8) is 0 Å². The molecule has 1 aromatic rings. The summed E-state index contributed by atoms with van der Waals surface area (Å²) in [5, 5.41) is 19.0. The quantitative estimate of drug-likeness (QED) is 0.394. The fourth-order valence-electron chi connectivity index (χ4n) is 1.14. The van der Waals surface area contributed by atoms with Gasteiger partial charge in [0.2, 0.25) is 0 Å². The normalized spacial score (nSPS) is 15.3. The highest BCUT2D eigenvalue weighted by atomic mass is 16.3. The minimum Gasteiger partial charge on any atom is -0.508 e. The van der Waals surface area contributed by atoms with Crippen molar-refractivity contribution < 1.29 is 10.2 Å². The van der Waals surface area contributed by atoms with E-state index in [-0.39, 0.29) is 12.3 Å². The lowest BCUT2D eigenvalue weighted by molar-refractivity contribution is 0.0570. The van der Waals surface area contributed by atoms with Gasteiger partial charge in [0, 0.05) is 6.54 Å². The molecule has 1 atom stereocenters. The summed E-state index contributed by atoms with van der Waals surface area (Å²) in [6.45, 7) is 1.86. The second-order valence-corrected chi connectivity index (χ2v) is 3.21. The summed E-state index contributed by atoms with van der Waals surface area (Å²) in [7, 11) is 0. The molecule has 0 aliphatic rings. The number of hydrogen-bond acceptors (Lipinski definition) is 4. The van der Waals surface area contributed by atoms with Gasteiger partial charge in [0.05, 0.1) is 0 Å². The molecule has 13 heavy (non-hydrogen) atoms. The molecule has 0 radical (unpaired) electrons. The monoisotopic (exact) mass is 182 g/mol. The van der Waals surface area contributed by atoms with Crippen molar-refractivity contribution in [1.82, 2.24) is 5.43 Å². The van der Waals surface area contributed by atoms with Gasteiger partial charge in [-0.3, -0.25) is 11.3 Å². The lowest BCUT2D eigenvalue weighted by Gasteiger charge is -2.23. The third kappa shape index (κ3) is 2.42. The molecule has 0 spiro atoms. The molecule has 1 unspecified atom stereocenters. The Balaban J connectivity index is 2.93. The van der Waals surface area contributed by atoms with E-state index in [2.05, 4.69) is 5.43 Å². The Morgan fingerprint density at radius 2 is 2.23 bits per heavy atom. The van der Waals surface area contributed by atoms with Crippen LogP contribution in [0.15, 0.2) is 24.3 Å². The lowest BCUT2D eigenvalue weighted by Crippen LogP contribution is -2.38. The number of benzene rings is 1. The first-order valence-corrected chi connectivity index (χ1v) is 4.01. The van der Waals surface area contributed by atoms with Crippen molar-refractivity contribution in [1.29, 1.82) is 0 Å². The molecule has 0 amide bonds. The lowest BCUT2D eigenvalue weighted by atomic mass is 9.96. The van der Waals surface area contributed by atoms with Gasteiger partial charge in [-0.05, 0) is 24.6 Å². The van der Waals surface area contributed by atoms with Gasteiger partial charge < -0.3 is 10.2 Å². The number of aromatic hydroxyl groups is 1. The Morgan fingerprint density at radius 1 is 1.54 bits per heavy atom. The van der Waals surface area contributed by atoms with E-state index in [9.17, 15) is 10.2 Å². The highest BCUT2D eigenvalue weighted by Gasteiger charge is 2.22. The van der Waals surface area contributed by atoms with Crippen LogP contribution >= 0.6 is 0 Å². The van der Waals surface area contributed by atoms with Crippen LogP contribution in [0.1, 0.15) is 12.5 Å². The van der Waals surface area contributed by atoms with Gasteiger partial charge in [0.25, 0.3) is 0 Å². The van der Waals surface area contributed by atoms with Crippen LogP contribution < -0.4 is 11.3 Å². The SMILES string of the molecule is CC(O)(CNN)c1cccc(O)c1. The van der Waals surface area contributed by atoms with E-state index in [4.69, 9.17) is 5.84 Å². The van der Waals surface area contributed by atoms with Gasteiger partial charge in [0.15, 0.2) is 0 Å². The van der Waals surface area contributed by atoms with Crippen LogP contribution in [-0.2, 0) is 5.60 Å². The zero-order chi connectivity index (χ0) is 9.90. The Morgan fingerprint density at radius 3 is 2.77 bits per heavy atom. The van der Waals surface area contributed by atoms with Crippen LogP contribution in [0.4, 0.5) is 0 Å².